The number of carbonyl (C=O) groups is 1. The molecule has 0 spiro atoms. The molecule has 0 bridgehead atoms. The van der Waals surface area contributed by atoms with E-state index in [9.17, 15) is 4.79 Å². The fourth-order valence-electron chi connectivity index (χ4n) is 1.79. The number of hydrogen-bond donors (Lipinski definition) is 0. The number of hydrogen-bond acceptors (Lipinski definition) is 5. The van der Waals surface area contributed by atoms with Crippen LogP contribution in [0.25, 0.3) is 10.6 Å². The summed E-state index contributed by atoms with van der Waals surface area (Å²) in [6.07, 6.45) is 0.228. The van der Waals surface area contributed by atoms with Crippen molar-refractivity contribution >= 4 is 17.3 Å². The Morgan fingerprint density at radius 3 is 2.70 bits per heavy atom. The molecule has 0 atom stereocenters. The lowest BCUT2D eigenvalue weighted by atomic mass is 10.1. The van der Waals surface area contributed by atoms with E-state index in [2.05, 4.69) is 4.98 Å². The van der Waals surface area contributed by atoms with Gasteiger partial charge in [0.15, 0.2) is 0 Å². The second-order valence-corrected chi connectivity index (χ2v) is 5.11. The average Bonchev–Trinajstić information content (AvgIpc) is 2.88. The molecule has 0 unspecified atom stereocenters. The molecule has 2 aromatic rings. The van der Waals surface area contributed by atoms with E-state index in [1.54, 1.807) is 14.0 Å². The Hall–Kier alpha value is -1.72. The number of nitrogens with zero attached hydrogens (tertiary/aromatic N) is 1. The van der Waals surface area contributed by atoms with Crippen molar-refractivity contribution in [3.8, 4) is 10.6 Å². The Morgan fingerprint density at radius 2 is 2.05 bits per heavy atom. The minimum Gasteiger partial charge on any atom is -0.466 e. The first-order valence-corrected chi connectivity index (χ1v) is 7.29. The van der Waals surface area contributed by atoms with E-state index >= 15 is 0 Å². The molecule has 106 valence electrons. The van der Waals surface area contributed by atoms with Gasteiger partial charge in [-0.3, -0.25) is 4.79 Å². The molecule has 0 N–H and O–H groups in total. The summed E-state index contributed by atoms with van der Waals surface area (Å²) in [5.41, 5.74) is 2.92. The first-order valence-electron chi connectivity index (χ1n) is 6.41. The van der Waals surface area contributed by atoms with Crippen molar-refractivity contribution in [3.63, 3.8) is 0 Å². The van der Waals surface area contributed by atoms with Crippen LogP contribution in [0.15, 0.2) is 29.6 Å². The van der Waals surface area contributed by atoms with Crippen LogP contribution >= 0.6 is 11.3 Å². The zero-order valence-corrected chi connectivity index (χ0v) is 12.4. The van der Waals surface area contributed by atoms with Gasteiger partial charge in [-0.1, -0.05) is 24.3 Å². The van der Waals surface area contributed by atoms with Gasteiger partial charge in [-0.05, 0) is 12.5 Å². The third-order valence-electron chi connectivity index (χ3n) is 2.69. The van der Waals surface area contributed by atoms with Crippen molar-refractivity contribution in [2.45, 2.75) is 20.0 Å². The Balaban J connectivity index is 2.06. The maximum Gasteiger partial charge on any atom is 0.311 e. The van der Waals surface area contributed by atoms with Gasteiger partial charge >= 0.3 is 5.97 Å². The smallest absolute Gasteiger partial charge is 0.311 e. The van der Waals surface area contributed by atoms with Gasteiger partial charge in [-0.25, -0.2) is 4.98 Å². The highest BCUT2D eigenvalue weighted by molar-refractivity contribution is 7.13. The fourth-order valence-corrected chi connectivity index (χ4v) is 2.62. The zero-order chi connectivity index (χ0) is 14.4. The SMILES string of the molecule is CCOC(=O)Cc1csc(-c2ccc(COC)cc2)n1. The molecule has 0 saturated carbocycles. The van der Waals surface area contributed by atoms with Crippen LogP contribution in [0.3, 0.4) is 0 Å². The van der Waals surface area contributed by atoms with Gasteiger partial charge in [0, 0.05) is 18.1 Å². The van der Waals surface area contributed by atoms with Gasteiger partial charge < -0.3 is 9.47 Å². The summed E-state index contributed by atoms with van der Waals surface area (Å²) in [6, 6.07) is 8.07. The van der Waals surface area contributed by atoms with Crippen LogP contribution in [0, 0.1) is 0 Å². The van der Waals surface area contributed by atoms with Crippen LogP contribution in [-0.2, 0) is 27.3 Å². The predicted octanol–water partition coefficient (Wildman–Crippen LogP) is 3.06. The molecule has 0 aliphatic heterocycles. The van der Waals surface area contributed by atoms with Crippen LogP contribution in [0.4, 0.5) is 0 Å². The highest BCUT2D eigenvalue weighted by Gasteiger charge is 2.09. The van der Waals surface area contributed by atoms with Crippen LogP contribution in [0.1, 0.15) is 18.2 Å². The maximum atomic E-state index is 11.4. The van der Waals surface area contributed by atoms with Crippen molar-refractivity contribution in [2.24, 2.45) is 0 Å². The van der Waals surface area contributed by atoms with Crippen molar-refractivity contribution in [3.05, 3.63) is 40.9 Å². The Bertz CT molecular complexity index is 563. The lowest BCUT2D eigenvalue weighted by molar-refractivity contribution is -0.142. The largest absolute Gasteiger partial charge is 0.466 e. The number of aromatic nitrogens is 1. The van der Waals surface area contributed by atoms with Crippen molar-refractivity contribution < 1.29 is 14.3 Å². The third-order valence-corrected chi connectivity index (χ3v) is 3.63. The highest BCUT2D eigenvalue weighted by Crippen LogP contribution is 2.24. The molecule has 0 aliphatic rings. The van der Waals surface area contributed by atoms with E-state index in [-0.39, 0.29) is 12.4 Å². The van der Waals surface area contributed by atoms with Gasteiger partial charge in [0.25, 0.3) is 0 Å². The number of thiazole rings is 1. The topological polar surface area (TPSA) is 48.4 Å². The molecule has 1 aromatic carbocycles. The van der Waals surface area contributed by atoms with E-state index in [1.165, 1.54) is 11.3 Å². The standard InChI is InChI=1S/C15H17NO3S/c1-3-19-14(17)8-13-10-20-15(16-13)12-6-4-11(5-7-12)9-18-2/h4-7,10H,3,8-9H2,1-2H3. The molecule has 2 rings (SSSR count). The molecular weight excluding hydrogens is 274 g/mol. The summed E-state index contributed by atoms with van der Waals surface area (Å²) >= 11 is 1.53. The molecule has 1 heterocycles. The van der Waals surface area contributed by atoms with Gasteiger partial charge in [0.05, 0.1) is 25.3 Å². The first kappa shape index (κ1) is 14.7. The molecule has 1 aromatic heterocycles. The third kappa shape index (κ3) is 3.88. The molecule has 0 amide bonds. The molecule has 20 heavy (non-hydrogen) atoms. The summed E-state index contributed by atoms with van der Waals surface area (Å²) in [5.74, 6) is -0.236. The lowest BCUT2D eigenvalue weighted by Gasteiger charge is -2.01. The van der Waals surface area contributed by atoms with Crippen LogP contribution in [0.2, 0.25) is 0 Å². The van der Waals surface area contributed by atoms with Gasteiger partial charge in [0.2, 0.25) is 0 Å². The summed E-state index contributed by atoms with van der Waals surface area (Å²) in [6.45, 7) is 2.80. The fraction of sp³-hybridized carbons (Fsp3) is 0.333. The summed E-state index contributed by atoms with van der Waals surface area (Å²) in [7, 11) is 1.68. The molecule has 0 radical (unpaired) electrons. The first-order chi connectivity index (χ1) is 9.72. The van der Waals surface area contributed by atoms with Crippen molar-refractivity contribution in [1.29, 1.82) is 0 Å². The quantitative estimate of drug-likeness (QED) is 0.767. The van der Waals surface area contributed by atoms with Gasteiger partial charge in [-0.15, -0.1) is 11.3 Å². The Kier molecular flexibility index (Phi) is 5.26. The monoisotopic (exact) mass is 291 g/mol. The molecule has 5 heteroatoms. The molecule has 4 nitrogen and oxygen atoms in total. The molecular formula is C15H17NO3S. The van der Waals surface area contributed by atoms with E-state index in [0.717, 1.165) is 21.8 Å². The predicted molar refractivity (Wildman–Crippen MR) is 78.6 cm³/mol. The van der Waals surface area contributed by atoms with Crippen LogP contribution < -0.4 is 0 Å². The Labute approximate surface area is 122 Å². The average molecular weight is 291 g/mol. The molecule has 0 aliphatic carbocycles. The summed E-state index contributed by atoms with van der Waals surface area (Å²) in [5, 5.41) is 2.81. The van der Waals surface area contributed by atoms with Crippen LogP contribution in [-0.4, -0.2) is 24.7 Å². The van der Waals surface area contributed by atoms with E-state index in [1.807, 2.05) is 29.6 Å². The van der Waals surface area contributed by atoms with Crippen molar-refractivity contribution in [1.82, 2.24) is 4.98 Å². The van der Waals surface area contributed by atoms with Gasteiger partial charge in [-0.2, -0.15) is 0 Å². The second-order valence-electron chi connectivity index (χ2n) is 4.26. The summed E-state index contributed by atoms with van der Waals surface area (Å²) < 4.78 is 10.00. The molecule has 0 fully saturated rings. The maximum absolute atomic E-state index is 11.4. The van der Waals surface area contributed by atoms with Gasteiger partial charge in [0.1, 0.15) is 5.01 Å². The number of rotatable bonds is 6. The second kappa shape index (κ2) is 7.17. The number of esters is 1. The normalized spacial score (nSPS) is 10.5. The zero-order valence-electron chi connectivity index (χ0n) is 11.6. The minimum absolute atomic E-state index is 0.228. The minimum atomic E-state index is -0.236. The van der Waals surface area contributed by atoms with Crippen molar-refractivity contribution in [2.75, 3.05) is 13.7 Å². The number of benzene rings is 1. The van der Waals surface area contributed by atoms with E-state index in [4.69, 9.17) is 9.47 Å². The van der Waals surface area contributed by atoms with Crippen LogP contribution in [0.5, 0.6) is 0 Å². The summed E-state index contributed by atoms with van der Waals surface area (Å²) in [4.78, 5) is 15.9. The van der Waals surface area contributed by atoms with E-state index < -0.39 is 0 Å². The molecule has 0 saturated heterocycles. The number of carbonyl (C=O) groups excluding carboxylic acids is 1. The Morgan fingerprint density at radius 1 is 1.30 bits per heavy atom. The number of methoxy groups -OCH3 is 1. The lowest BCUT2D eigenvalue weighted by Crippen LogP contribution is -2.07. The number of ether oxygens (including phenoxy) is 2. The highest BCUT2D eigenvalue weighted by atomic mass is 32.1. The van der Waals surface area contributed by atoms with E-state index in [0.29, 0.717) is 13.2 Å².